The largest absolute Gasteiger partial charge is 0.416 e. The van der Waals surface area contributed by atoms with Gasteiger partial charge in [0, 0.05) is 13.2 Å². The standard InChI is InChI=1S/C13H18F3NO3S/c14-13(15,16)11-6-5-7-12(10-11)21(19,20)17-8-3-1-2-4-9-18/h5-7,10,17-18H,1-4,8-9H2. The van der Waals surface area contributed by atoms with Crippen LogP contribution in [0, 0.1) is 0 Å². The van der Waals surface area contributed by atoms with Crippen LogP contribution in [0.5, 0.6) is 0 Å². The third-order valence-electron chi connectivity index (χ3n) is 2.85. The van der Waals surface area contributed by atoms with Crippen molar-refractivity contribution < 1.29 is 26.7 Å². The van der Waals surface area contributed by atoms with E-state index in [2.05, 4.69) is 4.72 Å². The average Bonchev–Trinajstić information content (AvgIpc) is 2.42. The second kappa shape index (κ2) is 7.77. The van der Waals surface area contributed by atoms with E-state index in [9.17, 15) is 21.6 Å². The van der Waals surface area contributed by atoms with E-state index in [0.29, 0.717) is 18.9 Å². The van der Waals surface area contributed by atoms with E-state index < -0.39 is 26.7 Å². The molecule has 0 bridgehead atoms. The molecule has 120 valence electrons. The molecule has 0 amide bonds. The van der Waals surface area contributed by atoms with E-state index in [-0.39, 0.29) is 13.2 Å². The number of rotatable bonds is 8. The van der Waals surface area contributed by atoms with Gasteiger partial charge in [0.05, 0.1) is 10.5 Å². The number of hydrogen-bond donors (Lipinski definition) is 2. The third kappa shape index (κ3) is 6.03. The lowest BCUT2D eigenvalue weighted by molar-refractivity contribution is -0.137. The Hall–Kier alpha value is -1.12. The molecule has 0 aliphatic rings. The van der Waals surface area contributed by atoms with Crippen LogP contribution in [0.1, 0.15) is 31.2 Å². The Balaban J connectivity index is 2.62. The number of unbranched alkanes of at least 4 members (excludes halogenated alkanes) is 3. The zero-order chi connectivity index (χ0) is 15.9. The Kier molecular flexibility index (Phi) is 6.63. The lowest BCUT2D eigenvalue weighted by atomic mass is 10.2. The van der Waals surface area contributed by atoms with Crippen molar-refractivity contribution in [2.75, 3.05) is 13.2 Å². The van der Waals surface area contributed by atoms with Crippen LogP contribution < -0.4 is 4.72 Å². The Bertz CT molecular complexity index is 544. The van der Waals surface area contributed by atoms with Gasteiger partial charge in [-0.1, -0.05) is 18.9 Å². The summed E-state index contributed by atoms with van der Waals surface area (Å²) in [5, 5.41) is 8.59. The maximum atomic E-state index is 12.5. The molecule has 0 unspecified atom stereocenters. The second-order valence-electron chi connectivity index (χ2n) is 4.56. The normalized spacial score (nSPS) is 12.6. The monoisotopic (exact) mass is 325 g/mol. The molecule has 0 radical (unpaired) electrons. The Morgan fingerprint density at radius 2 is 1.76 bits per heavy atom. The van der Waals surface area contributed by atoms with Gasteiger partial charge in [0.2, 0.25) is 10.0 Å². The highest BCUT2D eigenvalue weighted by Gasteiger charge is 2.31. The molecule has 0 aromatic heterocycles. The Labute approximate surface area is 122 Å². The van der Waals surface area contributed by atoms with Gasteiger partial charge in [0.25, 0.3) is 0 Å². The maximum Gasteiger partial charge on any atom is 0.416 e. The van der Waals surface area contributed by atoms with Crippen molar-refractivity contribution in [3.8, 4) is 0 Å². The van der Waals surface area contributed by atoms with Crippen molar-refractivity contribution >= 4 is 10.0 Å². The summed E-state index contributed by atoms with van der Waals surface area (Å²) in [6.45, 7) is 0.250. The van der Waals surface area contributed by atoms with Gasteiger partial charge in [-0.3, -0.25) is 0 Å². The predicted molar refractivity (Wildman–Crippen MR) is 72.2 cm³/mol. The molecule has 0 spiro atoms. The summed E-state index contributed by atoms with van der Waals surface area (Å²) in [5.41, 5.74) is -0.992. The number of alkyl halides is 3. The highest BCUT2D eigenvalue weighted by molar-refractivity contribution is 7.89. The summed E-state index contributed by atoms with van der Waals surface area (Å²) in [7, 11) is -3.94. The Morgan fingerprint density at radius 1 is 1.10 bits per heavy atom. The van der Waals surface area contributed by atoms with Gasteiger partial charge in [-0.25, -0.2) is 13.1 Å². The van der Waals surface area contributed by atoms with E-state index in [1.54, 1.807) is 0 Å². The van der Waals surface area contributed by atoms with E-state index in [4.69, 9.17) is 5.11 Å². The van der Waals surface area contributed by atoms with Crippen molar-refractivity contribution in [2.24, 2.45) is 0 Å². The second-order valence-corrected chi connectivity index (χ2v) is 6.33. The van der Waals surface area contributed by atoms with Crippen LogP contribution in [0.25, 0.3) is 0 Å². The topological polar surface area (TPSA) is 66.4 Å². The van der Waals surface area contributed by atoms with Crippen LogP contribution in [0.4, 0.5) is 13.2 Å². The summed E-state index contributed by atoms with van der Waals surface area (Å²) in [5.74, 6) is 0. The summed E-state index contributed by atoms with van der Waals surface area (Å²) in [6.07, 6.45) is -1.83. The summed E-state index contributed by atoms with van der Waals surface area (Å²) < 4.78 is 63.7. The minimum atomic E-state index is -4.57. The number of nitrogens with one attached hydrogen (secondary N) is 1. The van der Waals surface area contributed by atoms with Crippen molar-refractivity contribution in [3.05, 3.63) is 29.8 Å². The molecule has 0 fully saturated rings. The number of halogens is 3. The van der Waals surface area contributed by atoms with E-state index in [1.807, 2.05) is 0 Å². The van der Waals surface area contributed by atoms with E-state index >= 15 is 0 Å². The summed E-state index contributed by atoms with van der Waals surface area (Å²) in [4.78, 5) is -0.396. The maximum absolute atomic E-state index is 12.5. The fourth-order valence-corrected chi connectivity index (χ4v) is 2.84. The van der Waals surface area contributed by atoms with Crippen LogP contribution >= 0.6 is 0 Å². The summed E-state index contributed by atoms with van der Waals surface area (Å²) >= 11 is 0. The number of aliphatic hydroxyl groups excluding tert-OH is 1. The molecule has 0 saturated carbocycles. The fourth-order valence-electron chi connectivity index (χ4n) is 1.72. The first kappa shape index (κ1) is 17.9. The molecule has 1 aromatic rings. The molecular formula is C13H18F3NO3S. The molecule has 0 aliphatic heterocycles. The lowest BCUT2D eigenvalue weighted by Gasteiger charge is -2.10. The molecular weight excluding hydrogens is 307 g/mol. The van der Waals surface area contributed by atoms with Gasteiger partial charge in [0.1, 0.15) is 0 Å². The number of hydrogen-bond acceptors (Lipinski definition) is 3. The van der Waals surface area contributed by atoms with Crippen LogP contribution in [-0.2, 0) is 16.2 Å². The molecule has 0 aliphatic carbocycles. The van der Waals surface area contributed by atoms with Gasteiger partial charge in [-0.05, 0) is 31.0 Å². The summed E-state index contributed by atoms with van der Waals surface area (Å²) in [6, 6.07) is 3.64. The first-order valence-corrected chi connectivity index (χ1v) is 8.03. The third-order valence-corrected chi connectivity index (χ3v) is 4.31. The van der Waals surface area contributed by atoms with Crippen LogP contribution in [0.2, 0.25) is 0 Å². The number of sulfonamides is 1. The predicted octanol–water partition coefficient (Wildman–Crippen LogP) is 2.54. The zero-order valence-corrected chi connectivity index (χ0v) is 12.2. The smallest absolute Gasteiger partial charge is 0.396 e. The first-order valence-electron chi connectivity index (χ1n) is 6.55. The molecule has 0 saturated heterocycles. The SMILES string of the molecule is O=S(=O)(NCCCCCCO)c1cccc(C(F)(F)F)c1. The number of benzene rings is 1. The molecule has 4 nitrogen and oxygen atoms in total. The zero-order valence-electron chi connectivity index (χ0n) is 11.4. The Morgan fingerprint density at radius 3 is 2.38 bits per heavy atom. The number of aliphatic hydroxyl groups is 1. The van der Waals surface area contributed by atoms with Gasteiger partial charge in [-0.2, -0.15) is 13.2 Å². The minimum absolute atomic E-state index is 0.0932. The molecule has 21 heavy (non-hydrogen) atoms. The molecule has 8 heteroatoms. The van der Waals surface area contributed by atoms with Gasteiger partial charge in [-0.15, -0.1) is 0 Å². The van der Waals surface area contributed by atoms with Gasteiger partial charge < -0.3 is 5.11 Å². The minimum Gasteiger partial charge on any atom is -0.396 e. The van der Waals surface area contributed by atoms with Crippen LogP contribution in [0.3, 0.4) is 0 Å². The van der Waals surface area contributed by atoms with Crippen molar-refractivity contribution in [1.29, 1.82) is 0 Å². The van der Waals surface area contributed by atoms with Crippen LogP contribution in [-0.4, -0.2) is 26.7 Å². The van der Waals surface area contributed by atoms with Crippen LogP contribution in [0.15, 0.2) is 29.2 Å². The fraction of sp³-hybridized carbons (Fsp3) is 0.538. The molecule has 1 rings (SSSR count). The van der Waals surface area contributed by atoms with Gasteiger partial charge >= 0.3 is 6.18 Å². The molecule has 2 N–H and O–H groups in total. The van der Waals surface area contributed by atoms with Crippen molar-refractivity contribution in [2.45, 2.75) is 36.8 Å². The highest BCUT2D eigenvalue weighted by atomic mass is 32.2. The van der Waals surface area contributed by atoms with Crippen molar-refractivity contribution in [1.82, 2.24) is 4.72 Å². The highest BCUT2D eigenvalue weighted by Crippen LogP contribution is 2.30. The molecule has 0 atom stereocenters. The van der Waals surface area contributed by atoms with Gasteiger partial charge in [0.15, 0.2) is 0 Å². The molecule has 1 aromatic carbocycles. The molecule has 0 heterocycles. The lowest BCUT2D eigenvalue weighted by Crippen LogP contribution is -2.25. The van der Waals surface area contributed by atoms with Crippen molar-refractivity contribution in [3.63, 3.8) is 0 Å². The quantitative estimate of drug-likeness (QED) is 0.722. The first-order chi connectivity index (χ1) is 9.77. The average molecular weight is 325 g/mol. The van der Waals surface area contributed by atoms with E-state index in [1.165, 1.54) is 0 Å². The van der Waals surface area contributed by atoms with E-state index in [0.717, 1.165) is 31.0 Å².